The van der Waals surface area contributed by atoms with Crippen LogP contribution in [0.4, 0.5) is 0 Å². The molecule has 0 N–H and O–H groups in total. The Bertz CT molecular complexity index is 736. The Morgan fingerprint density at radius 2 is 1.75 bits per heavy atom. The molecule has 0 unspecified atom stereocenters. The van der Waals surface area contributed by atoms with Gasteiger partial charge in [-0.2, -0.15) is 0 Å². The van der Waals surface area contributed by atoms with E-state index >= 15 is 0 Å². The van der Waals surface area contributed by atoms with E-state index in [-0.39, 0.29) is 5.02 Å². The highest BCUT2D eigenvalue weighted by Crippen LogP contribution is 2.38. The quantitative estimate of drug-likeness (QED) is 0.627. The van der Waals surface area contributed by atoms with Crippen LogP contribution in [0.15, 0.2) is 40.9 Å². The molecule has 0 saturated carbocycles. The molecule has 2 nitrogen and oxygen atoms in total. The van der Waals surface area contributed by atoms with Crippen molar-refractivity contribution >= 4 is 56.9 Å². The van der Waals surface area contributed by atoms with Crippen LogP contribution in [0.1, 0.15) is 21.5 Å². The van der Waals surface area contributed by atoms with E-state index < -0.39 is 5.97 Å². The second kappa shape index (κ2) is 5.24. The number of carbonyl (C=O) groups is 1. The first-order chi connectivity index (χ1) is 9.56. The maximum Gasteiger partial charge on any atom is 0.345 e. The molecule has 0 bridgehead atoms. The molecule has 0 aliphatic carbocycles. The number of ether oxygens (including phenoxy) is 1. The van der Waals surface area contributed by atoms with Crippen molar-refractivity contribution in [3.05, 3.63) is 67.6 Å². The van der Waals surface area contributed by atoms with Crippen LogP contribution in [0.5, 0.6) is 0 Å². The van der Waals surface area contributed by atoms with Crippen molar-refractivity contribution in [1.82, 2.24) is 0 Å². The fourth-order valence-electron chi connectivity index (χ4n) is 1.98. The highest BCUT2D eigenvalue weighted by atomic mass is 79.9. The molecule has 5 heteroatoms. The van der Waals surface area contributed by atoms with Crippen LogP contribution in [0.2, 0.25) is 10.0 Å². The predicted molar refractivity (Wildman–Crippen MR) is 83.9 cm³/mol. The maximum absolute atomic E-state index is 11.9. The van der Waals surface area contributed by atoms with Gasteiger partial charge in [0.15, 0.2) is 0 Å². The topological polar surface area (TPSA) is 26.3 Å². The largest absolute Gasteiger partial charge is 0.422 e. The number of fused-ring (bicyclic) bond motifs is 1. The molecule has 1 aliphatic heterocycles. The van der Waals surface area contributed by atoms with Gasteiger partial charge in [0.2, 0.25) is 0 Å². The summed E-state index contributed by atoms with van der Waals surface area (Å²) in [5.74, 6) is 0.00162. The van der Waals surface area contributed by atoms with Crippen molar-refractivity contribution in [3.63, 3.8) is 0 Å². The van der Waals surface area contributed by atoms with Gasteiger partial charge in [-0.25, -0.2) is 4.79 Å². The molecule has 0 atom stereocenters. The fourth-order valence-corrected chi connectivity index (χ4v) is 2.64. The molecule has 2 aromatic rings. The lowest BCUT2D eigenvalue weighted by atomic mass is 10.1. The standard InChI is InChI=1S/C15H7BrCl2O2/c16-9-3-1-8(2-4-9)7-12-10-5-6-11(17)14(18)13(10)15(19)20-12/h1-7H/b12-7-. The number of esters is 1. The first kappa shape index (κ1) is 13.7. The van der Waals surface area contributed by atoms with Crippen LogP contribution < -0.4 is 0 Å². The Hall–Kier alpha value is -1.29. The Balaban J connectivity index is 2.10. The summed E-state index contributed by atoms with van der Waals surface area (Å²) in [6, 6.07) is 11.1. The fraction of sp³-hybridized carbons (Fsp3) is 0. The highest BCUT2D eigenvalue weighted by Gasteiger charge is 2.30. The minimum Gasteiger partial charge on any atom is -0.422 e. The Labute approximate surface area is 134 Å². The molecular weight excluding hydrogens is 363 g/mol. The van der Waals surface area contributed by atoms with Gasteiger partial charge in [-0.05, 0) is 35.9 Å². The minimum atomic E-state index is -0.476. The van der Waals surface area contributed by atoms with E-state index in [9.17, 15) is 4.79 Å². The van der Waals surface area contributed by atoms with Gasteiger partial charge in [0, 0.05) is 10.0 Å². The van der Waals surface area contributed by atoms with Crippen molar-refractivity contribution < 1.29 is 9.53 Å². The zero-order valence-electron chi connectivity index (χ0n) is 9.99. The number of rotatable bonds is 1. The Morgan fingerprint density at radius 3 is 2.45 bits per heavy atom. The molecule has 1 aliphatic rings. The average molecular weight is 370 g/mol. The van der Waals surface area contributed by atoms with Crippen molar-refractivity contribution in [2.45, 2.75) is 0 Å². The van der Waals surface area contributed by atoms with Crippen LogP contribution in [0.25, 0.3) is 11.8 Å². The smallest absolute Gasteiger partial charge is 0.345 e. The number of hydrogen-bond donors (Lipinski definition) is 0. The van der Waals surface area contributed by atoms with Gasteiger partial charge >= 0.3 is 5.97 Å². The van der Waals surface area contributed by atoms with E-state index in [1.54, 1.807) is 18.2 Å². The summed E-state index contributed by atoms with van der Waals surface area (Å²) in [7, 11) is 0. The van der Waals surface area contributed by atoms with Crippen molar-refractivity contribution in [1.29, 1.82) is 0 Å². The lowest BCUT2D eigenvalue weighted by Crippen LogP contribution is -1.94. The molecule has 0 saturated heterocycles. The van der Waals surface area contributed by atoms with Gasteiger partial charge in [-0.15, -0.1) is 0 Å². The minimum absolute atomic E-state index is 0.230. The first-order valence-corrected chi connectivity index (χ1v) is 7.29. The lowest BCUT2D eigenvalue weighted by Gasteiger charge is -2.01. The molecule has 0 fully saturated rings. The first-order valence-electron chi connectivity index (χ1n) is 5.74. The highest BCUT2D eigenvalue weighted by molar-refractivity contribution is 9.10. The van der Waals surface area contributed by atoms with E-state index in [4.69, 9.17) is 27.9 Å². The predicted octanol–water partition coefficient (Wildman–Crippen LogP) is 5.42. The van der Waals surface area contributed by atoms with Crippen molar-refractivity contribution in [2.75, 3.05) is 0 Å². The van der Waals surface area contributed by atoms with Gasteiger partial charge in [0.25, 0.3) is 0 Å². The summed E-state index contributed by atoms with van der Waals surface area (Å²) in [6.07, 6.45) is 1.79. The van der Waals surface area contributed by atoms with E-state index in [1.165, 1.54) is 0 Å². The summed E-state index contributed by atoms with van der Waals surface area (Å²) in [6.45, 7) is 0. The van der Waals surface area contributed by atoms with Crippen LogP contribution in [0, 0.1) is 0 Å². The Morgan fingerprint density at radius 1 is 1.05 bits per heavy atom. The number of benzene rings is 2. The summed E-state index contributed by atoms with van der Waals surface area (Å²) in [5, 5.41) is 0.570. The average Bonchev–Trinajstić information content (AvgIpc) is 2.74. The number of cyclic esters (lactones) is 1. The molecule has 0 amide bonds. The van der Waals surface area contributed by atoms with Crippen LogP contribution >= 0.6 is 39.1 Å². The van der Waals surface area contributed by atoms with Crippen LogP contribution in [-0.2, 0) is 4.74 Å². The molecule has 100 valence electrons. The van der Waals surface area contributed by atoms with Crippen LogP contribution in [-0.4, -0.2) is 5.97 Å². The molecule has 0 spiro atoms. The van der Waals surface area contributed by atoms with E-state index in [1.807, 2.05) is 24.3 Å². The molecule has 2 aromatic carbocycles. The maximum atomic E-state index is 11.9. The summed E-state index contributed by atoms with van der Waals surface area (Å²) >= 11 is 15.3. The molecule has 3 rings (SSSR count). The van der Waals surface area contributed by atoms with Crippen molar-refractivity contribution in [3.8, 4) is 0 Å². The summed E-state index contributed by atoms with van der Waals surface area (Å²) in [5.41, 5.74) is 1.91. The third-order valence-electron chi connectivity index (χ3n) is 2.93. The summed E-state index contributed by atoms with van der Waals surface area (Å²) < 4.78 is 6.25. The van der Waals surface area contributed by atoms with Gasteiger partial charge in [-0.3, -0.25) is 0 Å². The second-order valence-electron chi connectivity index (χ2n) is 4.23. The van der Waals surface area contributed by atoms with Gasteiger partial charge in [0.1, 0.15) is 5.76 Å². The monoisotopic (exact) mass is 368 g/mol. The second-order valence-corrected chi connectivity index (χ2v) is 5.93. The number of hydrogen-bond acceptors (Lipinski definition) is 2. The molecule has 1 heterocycles. The molecule has 0 radical (unpaired) electrons. The molecule has 20 heavy (non-hydrogen) atoms. The lowest BCUT2D eigenvalue weighted by molar-refractivity contribution is 0.0717. The van der Waals surface area contributed by atoms with Gasteiger partial charge < -0.3 is 4.74 Å². The third kappa shape index (κ3) is 2.37. The van der Waals surface area contributed by atoms with Gasteiger partial charge in [-0.1, -0.05) is 51.3 Å². The number of halogens is 3. The number of carbonyl (C=O) groups excluding carboxylic acids is 1. The third-order valence-corrected chi connectivity index (χ3v) is 4.27. The molecule has 0 aromatic heterocycles. The SMILES string of the molecule is O=C1O/C(=C\c2ccc(Br)cc2)c2ccc(Cl)c(Cl)c21. The van der Waals surface area contributed by atoms with E-state index in [0.29, 0.717) is 21.9 Å². The normalized spacial score (nSPS) is 15.3. The van der Waals surface area contributed by atoms with E-state index in [2.05, 4.69) is 15.9 Å². The van der Waals surface area contributed by atoms with Gasteiger partial charge in [0.05, 0.1) is 15.6 Å². The zero-order valence-corrected chi connectivity index (χ0v) is 13.1. The van der Waals surface area contributed by atoms with E-state index in [0.717, 1.165) is 10.0 Å². The van der Waals surface area contributed by atoms with Crippen LogP contribution in [0.3, 0.4) is 0 Å². The Kier molecular flexibility index (Phi) is 3.59. The summed E-state index contributed by atoms with van der Waals surface area (Å²) in [4.78, 5) is 11.9. The molecular formula is C15H7BrCl2O2. The zero-order chi connectivity index (χ0) is 14.3. The van der Waals surface area contributed by atoms with Crippen molar-refractivity contribution in [2.24, 2.45) is 0 Å².